The van der Waals surface area contributed by atoms with Crippen molar-refractivity contribution in [1.82, 2.24) is 9.80 Å². The number of hydrogen-bond donors (Lipinski definition) is 1. The number of nitrogens with zero attached hydrogens (tertiary/aromatic N) is 3. The molecule has 0 aliphatic carbocycles. The van der Waals surface area contributed by atoms with Crippen LogP contribution in [0.1, 0.15) is 10.6 Å². The Balaban J connectivity index is 1.59. The van der Waals surface area contributed by atoms with Gasteiger partial charge in [0.15, 0.2) is 5.76 Å². The molecule has 1 aromatic carbocycles. The van der Waals surface area contributed by atoms with E-state index in [0.29, 0.717) is 37.6 Å². The third-order valence-electron chi connectivity index (χ3n) is 4.74. The SMILES string of the molecule is COc1ccc(N(CC(=O)O)CC(=O)N2CCN(C(=O)c3ccco3)CC2)cc1. The summed E-state index contributed by atoms with van der Waals surface area (Å²) in [7, 11) is 1.55. The van der Waals surface area contributed by atoms with Crippen LogP contribution in [-0.2, 0) is 9.59 Å². The molecule has 2 heterocycles. The van der Waals surface area contributed by atoms with E-state index in [2.05, 4.69) is 0 Å². The fourth-order valence-corrected chi connectivity index (χ4v) is 3.17. The van der Waals surface area contributed by atoms with Gasteiger partial charge in [0.2, 0.25) is 5.91 Å². The minimum absolute atomic E-state index is 0.0647. The summed E-state index contributed by atoms with van der Waals surface area (Å²) in [5.74, 6) is -0.493. The lowest BCUT2D eigenvalue weighted by Crippen LogP contribution is -2.53. The first-order valence-electron chi connectivity index (χ1n) is 9.19. The number of hydrogen-bond acceptors (Lipinski definition) is 6. The van der Waals surface area contributed by atoms with Gasteiger partial charge in [-0.25, -0.2) is 0 Å². The first-order chi connectivity index (χ1) is 14.0. The van der Waals surface area contributed by atoms with Crippen molar-refractivity contribution in [2.24, 2.45) is 0 Å². The Kier molecular flexibility index (Phi) is 6.38. The van der Waals surface area contributed by atoms with Crippen LogP contribution in [0.15, 0.2) is 47.1 Å². The normalized spacial score (nSPS) is 13.8. The lowest BCUT2D eigenvalue weighted by Gasteiger charge is -2.35. The summed E-state index contributed by atoms with van der Waals surface area (Å²) in [5, 5.41) is 9.21. The Labute approximate surface area is 168 Å². The summed E-state index contributed by atoms with van der Waals surface area (Å²) in [6, 6.07) is 10.1. The van der Waals surface area contributed by atoms with E-state index in [1.807, 2.05) is 0 Å². The second-order valence-corrected chi connectivity index (χ2v) is 6.60. The monoisotopic (exact) mass is 401 g/mol. The predicted molar refractivity (Wildman–Crippen MR) is 104 cm³/mol. The molecule has 0 spiro atoms. The topological polar surface area (TPSA) is 104 Å². The summed E-state index contributed by atoms with van der Waals surface area (Å²) in [5.41, 5.74) is 0.619. The van der Waals surface area contributed by atoms with E-state index >= 15 is 0 Å². The molecule has 2 aromatic rings. The van der Waals surface area contributed by atoms with Crippen molar-refractivity contribution < 1.29 is 28.6 Å². The Morgan fingerprint density at radius 1 is 1.03 bits per heavy atom. The second kappa shape index (κ2) is 9.13. The molecule has 1 saturated heterocycles. The largest absolute Gasteiger partial charge is 0.497 e. The van der Waals surface area contributed by atoms with Crippen molar-refractivity contribution in [2.45, 2.75) is 0 Å². The zero-order valence-corrected chi connectivity index (χ0v) is 16.1. The van der Waals surface area contributed by atoms with Gasteiger partial charge in [-0.2, -0.15) is 0 Å². The van der Waals surface area contributed by atoms with Crippen LogP contribution in [0.4, 0.5) is 5.69 Å². The van der Waals surface area contributed by atoms with Gasteiger partial charge < -0.3 is 29.0 Å². The number of ether oxygens (including phenoxy) is 1. The molecule has 0 saturated carbocycles. The highest BCUT2D eigenvalue weighted by molar-refractivity contribution is 5.91. The van der Waals surface area contributed by atoms with Crippen LogP contribution in [0.2, 0.25) is 0 Å². The maximum atomic E-state index is 12.7. The lowest BCUT2D eigenvalue weighted by molar-refractivity contribution is -0.135. The quantitative estimate of drug-likeness (QED) is 0.743. The van der Waals surface area contributed by atoms with E-state index in [1.54, 1.807) is 53.3 Å². The van der Waals surface area contributed by atoms with Crippen molar-refractivity contribution in [3.63, 3.8) is 0 Å². The fraction of sp³-hybridized carbons (Fsp3) is 0.350. The van der Waals surface area contributed by atoms with Crippen LogP contribution in [0.25, 0.3) is 0 Å². The van der Waals surface area contributed by atoms with Gasteiger partial charge in [0.25, 0.3) is 5.91 Å². The maximum Gasteiger partial charge on any atom is 0.323 e. The molecular weight excluding hydrogens is 378 g/mol. The summed E-state index contributed by atoms with van der Waals surface area (Å²) < 4.78 is 10.2. The third kappa shape index (κ3) is 5.07. The van der Waals surface area contributed by atoms with Crippen molar-refractivity contribution in [3.8, 4) is 5.75 Å². The Morgan fingerprint density at radius 2 is 1.69 bits per heavy atom. The van der Waals surface area contributed by atoms with Crippen molar-refractivity contribution in [1.29, 1.82) is 0 Å². The smallest absolute Gasteiger partial charge is 0.323 e. The van der Waals surface area contributed by atoms with E-state index in [-0.39, 0.29) is 30.7 Å². The molecule has 2 amide bonds. The average Bonchev–Trinajstić information content (AvgIpc) is 3.27. The molecule has 3 rings (SSSR count). The van der Waals surface area contributed by atoms with Gasteiger partial charge in [-0.3, -0.25) is 14.4 Å². The van der Waals surface area contributed by atoms with Gasteiger partial charge in [-0.15, -0.1) is 0 Å². The van der Waals surface area contributed by atoms with Crippen LogP contribution in [0.5, 0.6) is 5.75 Å². The number of anilines is 1. The zero-order valence-electron chi connectivity index (χ0n) is 16.1. The van der Waals surface area contributed by atoms with Crippen LogP contribution in [-0.4, -0.2) is 79.1 Å². The molecule has 1 fully saturated rings. The highest BCUT2D eigenvalue weighted by atomic mass is 16.5. The maximum absolute atomic E-state index is 12.7. The van der Waals surface area contributed by atoms with E-state index < -0.39 is 5.97 Å². The summed E-state index contributed by atoms with van der Waals surface area (Å²) >= 11 is 0. The van der Waals surface area contributed by atoms with Gasteiger partial charge in [0.05, 0.1) is 19.9 Å². The van der Waals surface area contributed by atoms with E-state index in [1.165, 1.54) is 11.2 Å². The van der Waals surface area contributed by atoms with Gasteiger partial charge in [0, 0.05) is 31.9 Å². The molecule has 1 N–H and O–H groups in total. The minimum Gasteiger partial charge on any atom is -0.497 e. The average molecular weight is 401 g/mol. The van der Waals surface area contributed by atoms with Crippen LogP contribution in [0, 0.1) is 0 Å². The molecule has 9 heteroatoms. The molecule has 0 bridgehead atoms. The number of carboxylic acids is 1. The fourth-order valence-electron chi connectivity index (χ4n) is 3.17. The number of carbonyl (C=O) groups excluding carboxylic acids is 2. The van der Waals surface area contributed by atoms with Crippen LogP contribution < -0.4 is 9.64 Å². The number of carbonyl (C=O) groups is 3. The van der Waals surface area contributed by atoms with Gasteiger partial charge >= 0.3 is 5.97 Å². The number of methoxy groups -OCH3 is 1. The van der Waals surface area contributed by atoms with Gasteiger partial charge in [0.1, 0.15) is 12.3 Å². The van der Waals surface area contributed by atoms with Gasteiger partial charge in [-0.05, 0) is 36.4 Å². The number of aliphatic carboxylic acids is 1. The number of amides is 2. The molecule has 1 aliphatic heterocycles. The Bertz CT molecular complexity index is 842. The lowest BCUT2D eigenvalue weighted by atomic mass is 10.2. The molecular formula is C20H23N3O6. The molecule has 0 atom stereocenters. The number of furan rings is 1. The minimum atomic E-state index is -1.03. The molecule has 154 valence electrons. The predicted octanol–water partition coefficient (Wildman–Crippen LogP) is 1.16. The number of piperazine rings is 1. The highest BCUT2D eigenvalue weighted by Gasteiger charge is 2.27. The Hall–Kier alpha value is -3.49. The van der Waals surface area contributed by atoms with Crippen LogP contribution in [0.3, 0.4) is 0 Å². The first kappa shape index (κ1) is 20.2. The molecule has 9 nitrogen and oxygen atoms in total. The Morgan fingerprint density at radius 3 is 2.24 bits per heavy atom. The van der Waals surface area contributed by atoms with Crippen molar-refractivity contribution in [2.75, 3.05) is 51.3 Å². The van der Waals surface area contributed by atoms with Crippen molar-refractivity contribution in [3.05, 3.63) is 48.4 Å². The zero-order chi connectivity index (χ0) is 20.8. The third-order valence-corrected chi connectivity index (χ3v) is 4.74. The van der Waals surface area contributed by atoms with Crippen molar-refractivity contribution >= 4 is 23.5 Å². The summed E-state index contributed by atoms with van der Waals surface area (Å²) in [4.78, 5) is 41.1. The van der Waals surface area contributed by atoms with E-state index in [0.717, 1.165) is 0 Å². The molecule has 1 aromatic heterocycles. The van der Waals surface area contributed by atoms with E-state index in [9.17, 15) is 19.5 Å². The number of rotatable bonds is 7. The van der Waals surface area contributed by atoms with Crippen LogP contribution >= 0.6 is 0 Å². The molecule has 29 heavy (non-hydrogen) atoms. The highest BCUT2D eigenvalue weighted by Crippen LogP contribution is 2.19. The molecule has 0 unspecified atom stereocenters. The number of carboxylic acid groups (broad SMARTS) is 1. The van der Waals surface area contributed by atoms with Gasteiger partial charge in [-0.1, -0.05) is 0 Å². The summed E-state index contributed by atoms with van der Waals surface area (Å²) in [6.07, 6.45) is 1.45. The molecule has 0 radical (unpaired) electrons. The number of benzene rings is 1. The first-order valence-corrected chi connectivity index (χ1v) is 9.19. The standard InChI is InChI=1S/C20H23N3O6/c1-28-16-6-4-15(5-7-16)23(14-19(25)26)13-18(24)21-8-10-22(11-9-21)20(27)17-3-2-12-29-17/h2-7,12H,8-11,13-14H2,1H3,(H,25,26). The summed E-state index contributed by atoms with van der Waals surface area (Å²) in [6.45, 7) is 1.20. The van der Waals surface area contributed by atoms with E-state index in [4.69, 9.17) is 9.15 Å². The second-order valence-electron chi connectivity index (χ2n) is 6.60. The molecule has 1 aliphatic rings.